The second kappa shape index (κ2) is 7.05. The van der Waals surface area contributed by atoms with Gasteiger partial charge in [0, 0.05) is 16.7 Å². The second-order valence-electron chi connectivity index (χ2n) is 7.19. The average Bonchev–Trinajstić information content (AvgIpc) is 2.92. The lowest BCUT2D eigenvalue weighted by Crippen LogP contribution is -2.49. The van der Waals surface area contributed by atoms with E-state index in [1.54, 1.807) is 18.2 Å². The Hall–Kier alpha value is -2.25. The number of benzene rings is 2. The summed E-state index contributed by atoms with van der Waals surface area (Å²) in [6, 6.07) is 7.25. The Labute approximate surface area is 164 Å². The number of amides is 1. The number of aryl methyl sites for hydroxylation is 1. The van der Waals surface area contributed by atoms with E-state index in [2.05, 4.69) is 10.4 Å². The molecule has 0 saturated carbocycles. The van der Waals surface area contributed by atoms with Crippen LogP contribution in [0.1, 0.15) is 36.7 Å². The van der Waals surface area contributed by atoms with Crippen LogP contribution in [0.2, 0.25) is 5.02 Å². The van der Waals surface area contributed by atoms with Crippen molar-refractivity contribution in [2.75, 3.05) is 5.43 Å². The molecule has 4 nitrogen and oxygen atoms in total. The van der Waals surface area contributed by atoms with E-state index >= 15 is 0 Å². The zero-order chi connectivity index (χ0) is 19.9. The monoisotopic (exact) mass is 409 g/mol. The number of aromatic nitrogens is 1. The van der Waals surface area contributed by atoms with Crippen molar-refractivity contribution in [1.82, 2.24) is 9.99 Å². The zero-order valence-electron chi connectivity index (χ0n) is 15.2. The Morgan fingerprint density at radius 3 is 2.44 bits per heavy atom. The van der Waals surface area contributed by atoms with Gasteiger partial charge in [0.15, 0.2) is 11.6 Å². The predicted octanol–water partition coefficient (Wildman–Crippen LogP) is 5.80. The Bertz CT molecular complexity index is 970. The number of halogens is 3. The van der Waals surface area contributed by atoms with Crippen LogP contribution in [0.4, 0.5) is 13.9 Å². The van der Waals surface area contributed by atoms with E-state index in [4.69, 9.17) is 11.6 Å². The number of rotatable bonds is 3. The first-order valence-corrected chi connectivity index (χ1v) is 9.38. The average molecular weight is 410 g/mol. The predicted molar refractivity (Wildman–Crippen MR) is 105 cm³/mol. The maximum Gasteiger partial charge on any atom is 0.272 e. The summed E-state index contributed by atoms with van der Waals surface area (Å²) in [6.07, 6.45) is 0. The van der Waals surface area contributed by atoms with Gasteiger partial charge in [-0.05, 0) is 57.5 Å². The van der Waals surface area contributed by atoms with E-state index in [0.717, 1.165) is 29.0 Å². The molecule has 0 bridgehead atoms. The molecule has 0 saturated heterocycles. The van der Waals surface area contributed by atoms with Crippen LogP contribution in [0.25, 0.3) is 10.2 Å². The van der Waals surface area contributed by atoms with Crippen LogP contribution < -0.4 is 5.43 Å². The number of hydrogen-bond acceptors (Lipinski definition) is 4. The summed E-state index contributed by atoms with van der Waals surface area (Å²) >= 11 is 7.22. The fourth-order valence-corrected chi connectivity index (χ4v) is 3.73. The number of carbonyl (C=O) groups is 1. The van der Waals surface area contributed by atoms with Crippen LogP contribution in [0.15, 0.2) is 30.3 Å². The molecule has 0 aliphatic rings. The van der Waals surface area contributed by atoms with Crippen LogP contribution >= 0.6 is 22.9 Å². The van der Waals surface area contributed by atoms with Crippen molar-refractivity contribution in [3.63, 3.8) is 0 Å². The minimum atomic E-state index is -0.961. The highest BCUT2D eigenvalue weighted by Gasteiger charge is 2.29. The second-order valence-corrected chi connectivity index (χ2v) is 8.66. The van der Waals surface area contributed by atoms with Crippen molar-refractivity contribution in [3.8, 4) is 0 Å². The third kappa shape index (κ3) is 4.20. The Morgan fingerprint density at radius 1 is 1.15 bits per heavy atom. The van der Waals surface area contributed by atoms with Gasteiger partial charge in [-0.15, -0.1) is 0 Å². The van der Waals surface area contributed by atoms with Crippen molar-refractivity contribution in [1.29, 1.82) is 0 Å². The van der Waals surface area contributed by atoms with Crippen LogP contribution in [0, 0.1) is 18.6 Å². The van der Waals surface area contributed by atoms with E-state index in [1.165, 1.54) is 5.01 Å². The molecule has 3 rings (SSSR count). The molecular weight excluding hydrogens is 392 g/mol. The molecule has 1 heterocycles. The van der Waals surface area contributed by atoms with Crippen molar-refractivity contribution in [2.24, 2.45) is 0 Å². The maximum atomic E-state index is 13.4. The fraction of sp³-hybridized carbons (Fsp3) is 0.263. The molecule has 0 fully saturated rings. The van der Waals surface area contributed by atoms with E-state index in [0.29, 0.717) is 25.9 Å². The topological polar surface area (TPSA) is 45.2 Å². The number of thiazole rings is 1. The summed E-state index contributed by atoms with van der Waals surface area (Å²) in [5.41, 5.74) is 4.01. The molecule has 142 valence electrons. The van der Waals surface area contributed by atoms with Gasteiger partial charge in [-0.2, -0.15) is 0 Å². The zero-order valence-corrected chi connectivity index (χ0v) is 16.8. The van der Waals surface area contributed by atoms with Gasteiger partial charge in [-0.25, -0.2) is 18.8 Å². The van der Waals surface area contributed by atoms with Gasteiger partial charge in [-0.1, -0.05) is 22.9 Å². The minimum Gasteiger partial charge on any atom is -0.270 e. The number of anilines is 1. The summed E-state index contributed by atoms with van der Waals surface area (Å²) in [6.45, 7) is 7.44. The van der Waals surface area contributed by atoms with E-state index < -0.39 is 17.2 Å². The SMILES string of the molecule is Cc1cc(Cl)cc(C(=O)N(Nc2nc3cc(F)c(F)cc3s2)C(C)(C)C)c1. The summed E-state index contributed by atoms with van der Waals surface area (Å²) in [5, 5.41) is 2.26. The highest BCUT2D eigenvalue weighted by atomic mass is 35.5. The third-order valence-corrected chi connectivity index (χ3v) is 4.94. The summed E-state index contributed by atoms with van der Waals surface area (Å²) in [7, 11) is 0. The maximum absolute atomic E-state index is 13.4. The van der Waals surface area contributed by atoms with E-state index in [9.17, 15) is 13.6 Å². The lowest BCUT2D eigenvalue weighted by Gasteiger charge is -2.35. The molecule has 0 atom stereocenters. The molecule has 27 heavy (non-hydrogen) atoms. The number of hydrogen-bond donors (Lipinski definition) is 1. The molecule has 1 N–H and O–H groups in total. The molecule has 3 aromatic rings. The minimum absolute atomic E-state index is 0.287. The summed E-state index contributed by atoms with van der Waals surface area (Å²) < 4.78 is 27.4. The molecule has 0 radical (unpaired) electrons. The number of carbonyl (C=O) groups excluding carboxylic acids is 1. The molecule has 1 aromatic heterocycles. The first-order chi connectivity index (χ1) is 12.5. The third-order valence-electron chi connectivity index (χ3n) is 3.80. The van der Waals surface area contributed by atoms with Gasteiger partial charge < -0.3 is 0 Å². The number of nitrogens with zero attached hydrogens (tertiary/aromatic N) is 2. The van der Waals surface area contributed by atoms with Crippen LogP contribution in [-0.4, -0.2) is 21.4 Å². The Morgan fingerprint density at radius 2 is 1.81 bits per heavy atom. The van der Waals surface area contributed by atoms with Crippen LogP contribution in [0.3, 0.4) is 0 Å². The van der Waals surface area contributed by atoms with Crippen molar-refractivity contribution >= 4 is 44.2 Å². The Kier molecular flexibility index (Phi) is 5.10. The van der Waals surface area contributed by atoms with Gasteiger partial charge in [0.05, 0.1) is 15.8 Å². The molecule has 2 aromatic carbocycles. The lowest BCUT2D eigenvalue weighted by molar-refractivity contribution is 0.0652. The van der Waals surface area contributed by atoms with E-state index in [1.807, 2.05) is 27.7 Å². The molecule has 8 heteroatoms. The van der Waals surface area contributed by atoms with Crippen molar-refractivity contribution < 1.29 is 13.6 Å². The number of fused-ring (bicyclic) bond motifs is 1. The van der Waals surface area contributed by atoms with Gasteiger partial charge in [-0.3, -0.25) is 10.2 Å². The normalized spacial score (nSPS) is 11.7. The largest absolute Gasteiger partial charge is 0.272 e. The molecule has 0 aliphatic carbocycles. The molecule has 0 spiro atoms. The fourth-order valence-electron chi connectivity index (χ4n) is 2.58. The highest BCUT2D eigenvalue weighted by molar-refractivity contribution is 7.22. The summed E-state index contributed by atoms with van der Waals surface area (Å²) in [5.74, 6) is -2.18. The van der Waals surface area contributed by atoms with Crippen molar-refractivity contribution in [3.05, 3.63) is 58.1 Å². The summed E-state index contributed by atoms with van der Waals surface area (Å²) in [4.78, 5) is 17.3. The quantitative estimate of drug-likeness (QED) is 0.555. The van der Waals surface area contributed by atoms with E-state index in [-0.39, 0.29) is 5.91 Å². The van der Waals surface area contributed by atoms with Crippen LogP contribution in [0.5, 0.6) is 0 Å². The van der Waals surface area contributed by atoms with Crippen molar-refractivity contribution in [2.45, 2.75) is 33.2 Å². The standard InChI is InChI=1S/C19H18ClF2N3OS/c1-10-5-11(7-12(20)6-10)17(26)25(19(2,3)4)24-18-23-15-8-13(21)14(22)9-16(15)27-18/h5-9H,1-4H3,(H,23,24). The molecule has 0 unspecified atom stereocenters. The molecule has 1 amide bonds. The number of nitrogens with one attached hydrogen (secondary N) is 1. The Balaban J connectivity index is 1.97. The molecular formula is C19H18ClF2N3OS. The van der Waals surface area contributed by atoms with Gasteiger partial charge in [0.2, 0.25) is 5.13 Å². The van der Waals surface area contributed by atoms with Gasteiger partial charge in [0.1, 0.15) is 0 Å². The lowest BCUT2D eigenvalue weighted by atomic mass is 10.1. The highest BCUT2D eigenvalue weighted by Crippen LogP contribution is 2.30. The smallest absolute Gasteiger partial charge is 0.270 e. The first kappa shape index (κ1) is 19.5. The molecule has 0 aliphatic heterocycles. The van der Waals surface area contributed by atoms with Gasteiger partial charge in [0.25, 0.3) is 5.91 Å². The van der Waals surface area contributed by atoms with Gasteiger partial charge >= 0.3 is 0 Å². The first-order valence-electron chi connectivity index (χ1n) is 8.18. The van der Waals surface area contributed by atoms with Crippen LogP contribution in [-0.2, 0) is 0 Å². The number of hydrazine groups is 1.